The Morgan fingerprint density at radius 1 is 1.47 bits per heavy atom. The number of rotatable bonds is 3. The quantitative estimate of drug-likeness (QED) is 0.727. The number of piperidine rings is 1. The number of amides is 1. The molecule has 0 spiro atoms. The molecule has 5 rings (SSSR count). The van der Waals surface area contributed by atoms with Crippen molar-refractivity contribution in [2.45, 2.75) is 31.4 Å². The predicted molar refractivity (Wildman–Crippen MR) is 68.1 cm³/mol. The number of aliphatic hydroxyl groups is 1. The highest BCUT2D eigenvalue weighted by Crippen LogP contribution is 2.61. The van der Waals surface area contributed by atoms with E-state index < -0.39 is 0 Å². The molecule has 1 amide bonds. The Morgan fingerprint density at radius 2 is 2.11 bits per heavy atom. The van der Waals surface area contributed by atoms with Crippen molar-refractivity contribution in [3.63, 3.8) is 0 Å². The maximum Gasteiger partial charge on any atom is 0.231 e. The SMILES string of the molecule is CC(N)C12CC(C(=O)N3C[C@@H]4C(CO)[C@@H]4C3)(CO1)C2. The molecule has 2 unspecified atom stereocenters. The summed E-state index contributed by atoms with van der Waals surface area (Å²) in [6.45, 7) is 4.46. The van der Waals surface area contributed by atoms with Crippen molar-refractivity contribution in [1.82, 2.24) is 4.90 Å². The van der Waals surface area contributed by atoms with Crippen LogP contribution in [0.4, 0.5) is 0 Å². The predicted octanol–water partition coefficient (Wildman–Crippen LogP) is -0.420. The van der Waals surface area contributed by atoms with E-state index in [0.29, 0.717) is 24.4 Å². The zero-order valence-corrected chi connectivity index (χ0v) is 11.3. The monoisotopic (exact) mass is 266 g/mol. The fourth-order valence-corrected chi connectivity index (χ4v) is 4.67. The molecule has 4 atom stereocenters. The van der Waals surface area contributed by atoms with Gasteiger partial charge in [0.2, 0.25) is 5.91 Å². The molecule has 2 saturated carbocycles. The zero-order chi connectivity index (χ0) is 13.4. The van der Waals surface area contributed by atoms with Crippen LogP contribution in [0.1, 0.15) is 19.8 Å². The van der Waals surface area contributed by atoms with Crippen LogP contribution in [-0.2, 0) is 9.53 Å². The summed E-state index contributed by atoms with van der Waals surface area (Å²) < 4.78 is 5.83. The molecule has 0 aromatic rings. The van der Waals surface area contributed by atoms with E-state index in [1.807, 2.05) is 11.8 Å². The van der Waals surface area contributed by atoms with Gasteiger partial charge in [-0.05, 0) is 37.5 Å². The maximum atomic E-state index is 12.7. The van der Waals surface area contributed by atoms with Crippen molar-refractivity contribution in [3.8, 4) is 0 Å². The molecule has 5 heteroatoms. The van der Waals surface area contributed by atoms with Crippen molar-refractivity contribution in [2.75, 3.05) is 26.3 Å². The van der Waals surface area contributed by atoms with Gasteiger partial charge in [0.05, 0.1) is 17.6 Å². The Morgan fingerprint density at radius 3 is 2.58 bits per heavy atom. The second-order valence-corrected chi connectivity index (χ2v) is 7.16. The third-order valence-corrected chi connectivity index (χ3v) is 6.06. The molecule has 19 heavy (non-hydrogen) atoms. The number of carbonyl (C=O) groups excluding carboxylic acids is 1. The summed E-state index contributed by atoms with van der Waals surface area (Å²) in [5, 5.41) is 9.16. The standard InChI is InChI=1S/C14H22N2O3/c1-8(15)14-5-13(6-14,7-19-14)12(18)16-2-9-10(3-16)11(9)4-17/h8-11,17H,2-7,15H2,1H3/t8?,9-,10+,11?,13?,14?. The van der Waals surface area contributed by atoms with E-state index in [4.69, 9.17) is 15.6 Å². The molecule has 5 nitrogen and oxygen atoms in total. The summed E-state index contributed by atoms with van der Waals surface area (Å²) >= 11 is 0. The summed E-state index contributed by atoms with van der Waals surface area (Å²) in [5.74, 6) is 1.81. The molecule has 0 radical (unpaired) electrons. The van der Waals surface area contributed by atoms with Gasteiger partial charge in [-0.15, -0.1) is 0 Å². The molecule has 5 fully saturated rings. The highest BCUT2D eigenvalue weighted by atomic mass is 16.5. The number of likely N-dealkylation sites (tertiary alicyclic amines) is 1. The van der Waals surface area contributed by atoms with Crippen LogP contribution in [0.15, 0.2) is 0 Å². The van der Waals surface area contributed by atoms with Crippen LogP contribution in [0.3, 0.4) is 0 Å². The van der Waals surface area contributed by atoms with E-state index in [0.717, 1.165) is 25.9 Å². The molecule has 3 N–H and O–H groups in total. The van der Waals surface area contributed by atoms with Crippen LogP contribution in [0.2, 0.25) is 0 Å². The number of ether oxygens (including phenoxy) is 1. The molecule has 0 aromatic heterocycles. The van der Waals surface area contributed by atoms with Gasteiger partial charge < -0.3 is 20.5 Å². The van der Waals surface area contributed by atoms with Gasteiger partial charge in [-0.1, -0.05) is 0 Å². The smallest absolute Gasteiger partial charge is 0.231 e. The first-order chi connectivity index (χ1) is 9.01. The van der Waals surface area contributed by atoms with Crippen LogP contribution >= 0.6 is 0 Å². The number of hydrogen-bond acceptors (Lipinski definition) is 4. The van der Waals surface area contributed by atoms with Gasteiger partial charge in [-0.3, -0.25) is 4.79 Å². The number of hydrogen-bond donors (Lipinski definition) is 2. The Kier molecular flexibility index (Phi) is 2.24. The average molecular weight is 266 g/mol. The van der Waals surface area contributed by atoms with Gasteiger partial charge in [0, 0.05) is 25.7 Å². The molecule has 2 bridgehead atoms. The highest BCUT2D eigenvalue weighted by Gasteiger charge is 2.69. The van der Waals surface area contributed by atoms with Crippen LogP contribution < -0.4 is 5.73 Å². The van der Waals surface area contributed by atoms with E-state index in [2.05, 4.69) is 0 Å². The fourth-order valence-electron chi connectivity index (χ4n) is 4.67. The average Bonchev–Trinajstić information content (AvgIpc) is 2.82. The zero-order valence-electron chi connectivity index (χ0n) is 11.3. The molecule has 106 valence electrons. The maximum absolute atomic E-state index is 12.7. The Bertz CT molecular complexity index is 418. The third-order valence-electron chi connectivity index (χ3n) is 6.06. The fraction of sp³-hybridized carbons (Fsp3) is 0.929. The van der Waals surface area contributed by atoms with Gasteiger partial charge in [-0.25, -0.2) is 0 Å². The second-order valence-electron chi connectivity index (χ2n) is 7.16. The summed E-state index contributed by atoms with van der Waals surface area (Å²) in [5.41, 5.74) is 5.46. The van der Waals surface area contributed by atoms with Crippen LogP contribution in [0.25, 0.3) is 0 Å². The number of aliphatic hydroxyl groups excluding tert-OH is 1. The second kappa shape index (κ2) is 3.51. The van der Waals surface area contributed by atoms with E-state index >= 15 is 0 Å². The summed E-state index contributed by atoms with van der Waals surface area (Å²) in [4.78, 5) is 14.7. The van der Waals surface area contributed by atoms with Crippen LogP contribution in [0, 0.1) is 23.2 Å². The lowest BCUT2D eigenvalue weighted by Gasteiger charge is -2.47. The van der Waals surface area contributed by atoms with Crippen LogP contribution in [0.5, 0.6) is 0 Å². The number of fused-ring (bicyclic) bond motifs is 2. The topological polar surface area (TPSA) is 75.8 Å². The highest BCUT2D eigenvalue weighted by molar-refractivity contribution is 5.85. The van der Waals surface area contributed by atoms with Crippen molar-refractivity contribution in [2.24, 2.45) is 28.9 Å². The minimum Gasteiger partial charge on any atom is -0.396 e. The molecule has 3 aliphatic heterocycles. The van der Waals surface area contributed by atoms with E-state index in [1.54, 1.807) is 0 Å². The Hall–Kier alpha value is -0.650. The molecular formula is C14H22N2O3. The molecule has 3 heterocycles. The summed E-state index contributed by atoms with van der Waals surface area (Å²) in [7, 11) is 0. The van der Waals surface area contributed by atoms with Gasteiger partial charge in [0.25, 0.3) is 0 Å². The molecule has 3 saturated heterocycles. The summed E-state index contributed by atoms with van der Waals surface area (Å²) in [6.07, 6.45) is 1.59. The largest absolute Gasteiger partial charge is 0.396 e. The lowest BCUT2D eigenvalue weighted by molar-refractivity contribution is -0.147. The first-order valence-electron chi connectivity index (χ1n) is 7.31. The normalized spacial score (nSPS) is 51.7. The van der Waals surface area contributed by atoms with Crippen molar-refractivity contribution < 1.29 is 14.6 Å². The van der Waals surface area contributed by atoms with Gasteiger partial charge >= 0.3 is 0 Å². The van der Waals surface area contributed by atoms with E-state index in [1.165, 1.54) is 0 Å². The first kappa shape index (κ1) is 12.1. The number of carbonyl (C=O) groups is 1. The van der Waals surface area contributed by atoms with E-state index in [9.17, 15) is 4.79 Å². The van der Waals surface area contributed by atoms with Crippen LogP contribution in [-0.4, -0.2) is 53.9 Å². The third kappa shape index (κ3) is 1.38. The Labute approximate surface area is 113 Å². The Balaban J connectivity index is 1.42. The van der Waals surface area contributed by atoms with Crippen molar-refractivity contribution in [3.05, 3.63) is 0 Å². The van der Waals surface area contributed by atoms with E-state index in [-0.39, 0.29) is 29.6 Å². The van der Waals surface area contributed by atoms with Gasteiger partial charge in [-0.2, -0.15) is 0 Å². The lowest BCUT2D eigenvalue weighted by Crippen LogP contribution is -2.59. The summed E-state index contributed by atoms with van der Waals surface area (Å²) in [6, 6.07) is 0.00155. The number of nitrogens with zero attached hydrogens (tertiary/aromatic N) is 1. The first-order valence-corrected chi connectivity index (χ1v) is 7.31. The minimum atomic E-state index is -0.279. The lowest BCUT2D eigenvalue weighted by atomic mass is 9.59. The molecule has 0 aromatic carbocycles. The molecule has 5 aliphatic rings. The van der Waals surface area contributed by atoms with Gasteiger partial charge in [0.1, 0.15) is 0 Å². The number of nitrogens with two attached hydrogens (primary N) is 1. The van der Waals surface area contributed by atoms with Crippen molar-refractivity contribution >= 4 is 5.91 Å². The minimum absolute atomic E-state index is 0.00155. The molecular weight excluding hydrogens is 244 g/mol. The van der Waals surface area contributed by atoms with Gasteiger partial charge in [0.15, 0.2) is 0 Å². The molecule has 2 aliphatic carbocycles. The van der Waals surface area contributed by atoms with Crippen molar-refractivity contribution in [1.29, 1.82) is 0 Å².